The second kappa shape index (κ2) is 43.6. The quantitative estimate of drug-likeness (QED) is 0.0331. The van der Waals surface area contributed by atoms with Crippen LogP contribution in [0.4, 0.5) is 38.5 Å². The summed E-state index contributed by atoms with van der Waals surface area (Å²) in [5, 5.41) is 0.697. The Morgan fingerprint density at radius 3 is 1.20 bits per heavy atom. The maximum absolute atomic E-state index is 13.5. The number of carbonyl (C=O) groups excluding carboxylic acids is 5. The third-order valence-electron chi connectivity index (χ3n) is 19.0. The fourth-order valence-corrected chi connectivity index (χ4v) is 17.2. The molecule has 12 aromatic rings. The summed E-state index contributed by atoms with van der Waals surface area (Å²) in [4.78, 5) is 88.1. The summed E-state index contributed by atoms with van der Waals surface area (Å²) in [5.41, 5.74) is 4.49. The van der Waals surface area contributed by atoms with Crippen LogP contribution < -0.4 is 38.2 Å². The third-order valence-corrected chi connectivity index (χ3v) is 25.3. The van der Waals surface area contributed by atoms with Gasteiger partial charge in [-0.05, 0) is 197 Å². The van der Waals surface area contributed by atoms with Gasteiger partial charge in [0.1, 0.15) is 33.6 Å². The molecule has 0 fully saturated rings. The van der Waals surface area contributed by atoms with Crippen LogP contribution in [0.15, 0.2) is 263 Å². The van der Waals surface area contributed by atoms with E-state index >= 15 is 0 Å². The predicted octanol–water partition coefficient (Wildman–Crippen LogP) is 20.7. The summed E-state index contributed by atoms with van der Waals surface area (Å²) < 4.78 is 138. The number of rotatable bonds is 28. The summed E-state index contributed by atoms with van der Waals surface area (Å²) in [6.07, 6.45) is 6.30. The zero-order valence-electron chi connectivity index (χ0n) is 73.9. The average Bonchev–Trinajstić information content (AvgIpc) is 0.797. The fourth-order valence-electron chi connectivity index (χ4n) is 12.4. The van der Waals surface area contributed by atoms with Gasteiger partial charge in [-0.2, -0.15) is 0 Å². The van der Waals surface area contributed by atoms with Gasteiger partial charge in [0.25, 0.3) is 51.9 Å². The average molecular weight is 1920 g/mol. The number of para-hydroxylation sites is 2. The molecule has 0 saturated heterocycles. The van der Waals surface area contributed by atoms with Crippen molar-refractivity contribution in [1.82, 2.24) is 24.9 Å². The van der Waals surface area contributed by atoms with E-state index in [9.17, 15) is 62.0 Å². The first-order valence-electron chi connectivity index (χ1n) is 40.4. The Hall–Kier alpha value is -12.1. The summed E-state index contributed by atoms with van der Waals surface area (Å²) in [5.74, 6) is -1.90. The van der Waals surface area contributed by atoms with Crippen LogP contribution in [0.1, 0.15) is 172 Å². The molecule has 2 amide bonds. The molecule has 5 heterocycles. The number of amides is 2. The number of carbonyl (C=O) groups is 5. The SMILES string of the molecule is CC(C)C(=O)Cc1cccc(C(=O)c2ncc(Cl)cc2NS(=O)(=O)c2ccc(C(C)(C)C)cc2)c1.CC(C)Oc1ccc(S(=O)(=O)Nc2cc(Cl)cnc2C(=O)N(c2ccccc2)C(C)C)cc1.CC(C)Oc1ccc(S(=O)(=O)Nc2cc(Cl)cnc2C(=O)c2cccc(F)c2)cn1.Cc1ccccc1N(C)C(=O)c1ncc(Cl)cc1NS(=O)(=O)c1ccc(C(C)(C)C)cc1. The number of hydrogen-bond acceptors (Lipinski definition) is 20. The van der Waals surface area contributed by atoms with Gasteiger partial charge in [-0.25, -0.2) is 63.0 Å². The maximum atomic E-state index is 13.5. The molecular formula is C95H98Cl4FN11O15S4. The monoisotopic (exact) mass is 1920 g/mol. The number of nitrogens with one attached hydrogen (secondary N) is 4. The van der Waals surface area contributed by atoms with Crippen molar-refractivity contribution in [2.24, 2.45) is 5.92 Å². The lowest BCUT2D eigenvalue weighted by molar-refractivity contribution is -0.121. The van der Waals surface area contributed by atoms with Crippen molar-refractivity contribution < 1.29 is 71.5 Å². The summed E-state index contributed by atoms with van der Waals surface area (Å²) in [6.45, 7) is 28.9. The number of aromatic nitrogens is 5. The number of ketones is 3. The minimum absolute atomic E-state index is 0.00316. The van der Waals surface area contributed by atoms with Crippen LogP contribution in [-0.2, 0) is 62.1 Å². The van der Waals surface area contributed by atoms with Gasteiger partial charge in [-0.15, -0.1) is 0 Å². The van der Waals surface area contributed by atoms with Gasteiger partial charge in [0.05, 0.1) is 75.9 Å². The molecule has 0 bridgehead atoms. The van der Waals surface area contributed by atoms with Gasteiger partial charge in [-0.3, -0.25) is 42.9 Å². The molecule has 130 heavy (non-hydrogen) atoms. The predicted molar refractivity (Wildman–Crippen MR) is 508 cm³/mol. The van der Waals surface area contributed by atoms with Crippen molar-refractivity contribution in [3.63, 3.8) is 0 Å². The van der Waals surface area contributed by atoms with Crippen molar-refractivity contribution >= 4 is 150 Å². The van der Waals surface area contributed by atoms with E-state index in [1.807, 2.05) is 126 Å². The van der Waals surface area contributed by atoms with E-state index in [1.54, 1.807) is 96.9 Å². The van der Waals surface area contributed by atoms with Crippen LogP contribution in [0.25, 0.3) is 0 Å². The Balaban J connectivity index is 0.000000196. The van der Waals surface area contributed by atoms with Gasteiger partial charge in [0, 0.05) is 78.8 Å². The zero-order valence-corrected chi connectivity index (χ0v) is 80.2. The number of aryl methyl sites for hydroxylation is 1. The van der Waals surface area contributed by atoms with E-state index in [0.717, 1.165) is 29.0 Å². The normalized spacial score (nSPS) is 11.7. The highest BCUT2D eigenvalue weighted by molar-refractivity contribution is 7.93. The first-order valence-corrected chi connectivity index (χ1v) is 47.9. The first kappa shape index (κ1) is 102. The number of nitrogens with zero attached hydrogens (tertiary/aromatic N) is 7. The van der Waals surface area contributed by atoms with Crippen LogP contribution in [0, 0.1) is 18.7 Å². The number of benzene rings is 7. The Bertz CT molecular complexity index is 6600. The molecule has 0 saturated carbocycles. The topological polar surface area (TPSA) is 359 Å². The molecule has 0 aliphatic rings. The van der Waals surface area contributed by atoms with E-state index in [1.165, 1.54) is 109 Å². The smallest absolute Gasteiger partial charge is 0.279 e. The van der Waals surface area contributed by atoms with E-state index in [4.69, 9.17) is 55.9 Å². The van der Waals surface area contributed by atoms with Crippen LogP contribution in [0.5, 0.6) is 11.6 Å². The van der Waals surface area contributed by atoms with Gasteiger partial charge in [0.2, 0.25) is 17.4 Å². The van der Waals surface area contributed by atoms with Gasteiger partial charge in [0.15, 0.2) is 11.4 Å². The molecule has 35 heteroatoms. The third kappa shape index (κ3) is 27.7. The summed E-state index contributed by atoms with van der Waals surface area (Å²) in [7, 11) is -14.5. The number of hydrogen-bond donors (Lipinski definition) is 4. The standard InChI is InChI=1S/C27H29ClN2O4S.C24H26ClN3O4S.C24H26ClN3O3S.C20H17ClFN3O4S/c1-17(2)24(31)14-18-7-6-8-19(13-18)26(32)25-23(15-21(28)16-29-25)30-35(33,34)22-11-9-20(10-12-22)27(3,4)5;1-16(2)28(19-8-6-5-7-9-19)24(29)23-22(14-18(25)15-26-23)27-33(30,31)21-12-10-20(11-13-21)32-17(3)4;1-16-8-6-7-9-21(16)28(5)23(29)22-20(14-18(25)15-26-22)27-32(30,31)19-12-10-17(11-13-19)24(2,3)4;1-12(2)29-18-7-6-16(11-23-18)30(27,28)25-17-9-14(21)10-24-19(17)20(26)13-4-3-5-15(22)8-13/h6-13,15-17,30H,14H2,1-5H3;5-17,27H,1-4H3;6-15,27H,1-5H3;3-12,25H,1-2H3. The fraction of sp³-hybridized carbons (Fsp3) is 0.242. The molecule has 0 radical (unpaired) electrons. The van der Waals surface area contributed by atoms with E-state index in [-0.39, 0.29) is 144 Å². The molecule has 7 aromatic carbocycles. The van der Waals surface area contributed by atoms with Crippen LogP contribution >= 0.6 is 46.4 Å². The largest absolute Gasteiger partial charge is 0.491 e. The Labute approximate surface area is 778 Å². The highest BCUT2D eigenvalue weighted by Gasteiger charge is 2.31. The molecular weight excluding hydrogens is 1820 g/mol. The second-order valence-electron chi connectivity index (χ2n) is 32.7. The lowest BCUT2D eigenvalue weighted by Crippen LogP contribution is -2.38. The molecule has 12 rings (SSSR count). The van der Waals surface area contributed by atoms with Crippen molar-refractivity contribution in [1.29, 1.82) is 0 Å². The van der Waals surface area contributed by atoms with Crippen molar-refractivity contribution in [3.05, 3.63) is 325 Å². The number of pyridine rings is 5. The molecule has 4 N–H and O–H groups in total. The van der Waals surface area contributed by atoms with Crippen molar-refractivity contribution in [2.45, 2.75) is 159 Å². The van der Waals surface area contributed by atoms with Gasteiger partial charge in [-0.1, -0.05) is 193 Å². The molecule has 682 valence electrons. The van der Waals surface area contributed by atoms with Crippen molar-refractivity contribution in [3.8, 4) is 11.6 Å². The minimum Gasteiger partial charge on any atom is -0.491 e. The molecule has 0 unspecified atom stereocenters. The summed E-state index contributed by atoms with van der Waals surface area (Å²) >= 11 is 24.2. The van der Waals surface area contributed by atoms with E-state index in [2.05, 4.69) is 64.6 Å². The van der Waals surface area contributed by atoms with Crippen LogP contribution in [-0.4, -0.2) is 113 Å². The van der Waals surface area contributed by atoms with Gasteiger partial charge < -0.3 is 19.3 Å². The number of Topliss-reactive ketones (excluding diaryl/α,β-unsaturated/α-hetero) is 1. The summed E-state index contributed by atoms with van der Waals surface area (Å²) in [6, 6.07) is 55.3. The number of halogens is 5. The highest BCUT2D eigenvalue weighted by Crippen LogP contribution is 2.34. The first-order chi connectivity index (χ1) is 60.9. The van der Waals surface area contributed by atoms with E-state index in [0.29, 0.717) is 28.3 Å². The number of sulfonamides is 4. The van der Waals surface area contributed by atoms with Crippen LogP contribution in [0.2, 0.25) is 20.1 Å². The molecule has 0 aliphatic carbocycles. The lowest BCUT2D eigenvalue weighted by atomic mass is 9.87. The Kier molecular flexibility index (Phi) is 34.1. The van der Waals surface area contributed by atoms with E-state index < -0.39 is 69.3 Å². The van der Waals surface area contributed by atoms with Crippen molar-refractivity contribution in [2.75, 3.05) is 35.7 Å². The molecule has 26 nitrogen and oxygen atoms in total. The van der Waals surface area contributed by atoms with Gasteiger partial charge >= 0.3 is 0 Å². The second-order valence-corrected chi connectivity index (χ2v) is 41.2. The molecule has 5 aromatic heterocycles. The number of anilines is 6. The minimum atomic E-state index is -4.11. The highest BCUT2D eigenvalue weighted by atomic mass is 35.5. The Morgan fingerprint density at radius 2 is 0.800 bits per heavy atom. The molecule has 0 atom stereocenters. The molecule has 0 aliphatic heterocycles. The molecule has 0 spiro atoms. The maximum Gasteiger partial charge on any atom is 0.279 e. The lowest BCUT2D eigenvalue weighted by Gasteiger charge is -2.27. The Morgan fingerprint density at radius 1 is 0.415 bits per heavy atom. The zero-order chi connectivity index (χ0) is 95.7. The van der Waals surface area contributed by atoms with Crippen LogP contribution in [0.3, 0.4) is 0 Å². The number of ether oxygens (including phenoxy) is 2.